The summed E-state index contributed by atoms with van der Waals surface area (Å²) in [6, 6.07) is 25.7. The van der Waals surface area contributed by atoms with Crippen molar-refractivity contribution in [2.45, 2.75) is 20.8 Å². The molecule has 10 heteroatoms. The first-order valence-corrected chi connectivity index (χ1v) is 13.8. The van der Waals surface area contributed by atoms with E-state index in [1.54, 1.807) is 0 Å². The molecular formula is C32H24N10. The number of benzene rings is 3. The average molecular weight is 549 g/mol. The van der Waals surface area contributed by atoms with Crippen molar-refractivity contribution >= 4 is 73.0 Å². The van der Waals surface area contributed by atoms with Gasteiger partial charge in [-0.3, -0.25) is 4.57 Å². The zero-order valence-electron chi connectivity index (χ0n) is 23.2. The molecule has 0 bridgehead atoms. The van der Waals surface area contributed by atoms with Crippen molar-refractivity contribution in [1.82, 2.24) is 44.0 Å². The molecule has 9 rings (SSSR count). The largest absolute Gasteiger partial charge is 0.261 e. The van der Waals surface area contributed by atoms with Gasteiger partial charge in [-0.2, -0.15) is 9.97 Å². The number of aryl methyl sites for hydroxylation is 1. The molecule has 3 aromatic carbocycles. The van der Waals surface area contributed by atoms with Crippen molar-refractivity contribution in [3.8, 4) is 5.95 Å². The number of nitrogens with zero attached hydrogens (tertiary/aromatic N) is 10. The molecule has 1 aliphatic heterocycles. The third-order valence-electron chi connectivity index (χ3n) is 7.33. The fourth-order valence-corrected chi connectivity index (χ4v) is 5.50. The second-order valence-corrected chi connectivity index (χ2v) is 9.75. The quantitative estimate of drug-likeness (QED) is 0.223. The summed E-state index contributed by atoms with van der Waals surface area (Å²) in [7, 11) is 0. The van der Waals surface area contributed by atoms with Gasteiger partial charge in [0.05, 0.1) is 38.8 Å². The van der Waals surface area contributed by atoms with Gasteiger partial charge in [-0.05, 0) is 43.3 Å². The highest BCUT2D eigenvalue weighted by Crippen LogP contribution is 2.42. The van der Waals surface area contributed by atoms with Gasteiger partial charge < -0.3 is 0 Å². The normalized spacial score (nSPS) is 12.6. The predicted octanol–water partition coefficient (Wildman–Crippen LogP) is 6.72. The van der Waals surface area contributed by atoms with Crippen LogP contribution in [0.1, 0.15) is 19.5 Å². The van der Waals surface area contributed by atoms with E-state index in [9.17, 15) is 0 Å². The molecule has 0 saturated heterocycles. The van der Waals surface area contributed by atoms with Crippen molar-refractivity contribution in [3.05, 3.63) is 91.1 Å². The first-order valence-electron chi connectivity index (χ1n) is 13.8. The van der Waals surface area contributed by atoms with Crippen LogP contribution in [0.2, 0.25) is 0 Å². The molecule has 0 saturated carbocycles. The van der Waals surface area contributed by atoms with Gasteiger partial charge in [-0.15, -0.1) is 0 Å². The Labute approximate surface area is 239 Å². The highest BCUT2D eigenvalue weighted by Gasteiger charge is 2.36. The topological polar surface area (TPSA) is 103 Å². The highest BCUT2D eigenvalue weighted by molar-refractivity contribution is 5.97. The molecule has 0 fully saturated rings. The molecule has 10 nitrogen and oxygen atoms in total. The predicted molar refractivity (Wildman–Crippen MR) is 166 cm³/mol. The summed E-state index contributed by atoms with van der Waals surface area (Å²) < 4.78 is 3.89. The summed E-state index contributed by atoms with van der Waals surface area (Å²) >= 11 is 0. The van der Waals surface area contributed by atoms with Gasteiger partial charge in [0.15, 0.2) is 22.8 Å². The van der Waals surface area contributed by atoms with E-state index in [0.29, 0.717) is 40.5 Å². The number of pyridine rings is 1. The lowest BCUT2D eigenvalue weighted by molar-refractivity contribution is 0.844. The lowest BCUT2D eigenvalue weighted by atomic mass is 10.2. The number of aromatic nitrogens is 9. The van der Waals surface area contributed by atoms with Gasteiger partial charge >= 0.3 is 0 Å². The first-order chi connectivity index (χ1) is 20.6. The van der Waals surface area contributed by atoms with Crippen molar-refractivity contribution < 1.29 is 0 Å². The number of rotatable bonds is 1. The van der Waals surface area contributed by atoms with Crippen LogP contribution in [-0.2, 0) is 0 Å². The van der Waals surface area contributed by atoms with Crippen LogP contribution >= 0.6 is 0 Å². The van der Waals surface area contributed by atoms with Crippen LogP contribution in [-0.4, -0.2) is 44.0 Å². The summed E-state index contributed by atoms with van der Waals surface area (Å²) in [5.74, 6) is 2.35. The zero-order chi connectivity index (χ0) is 28.5. The maximum atomic E-state index is 5.02. The second-order valence-electron chi connectivity index (χ2n) is 9.75. The summed E-state index contributed by atoms with van der Waals surface area (Å²) in [5.41, 5.74) is 7.21. The van der Waals surface area contributed by atoms with Crippen molar-refractivity contribution in [2.24, 2.45) is 0 Å². The number of fused-ring (bicyclic) bond motifs is 10. The number of imidazole rings is 2. The fourth-order valence-electron chi connectivity index (χ4n) is 5.50. The van der Waals surface area contributed by atoms with Crippen LogP contribution in [0.5, 0.6) is 0 Å². The zero-order valence-corrected chi connectivity index (χ0v) is 23.2. The van der Waals surface area contributed by atoms with E-state index >= 15 is 0 Å². The van der Waals surface area contributed by atoms with E-state index in [1.807, 2.05) is 108 Å². The monoisotopic (exact) mass is 548 g/mol. The standard InChI is InChI=1S/C30H18N10.C2H6/c1-16-27(34-22-13-7-5-11-20(22)31-16)39-17(2)38-24-15-18-9-3-4-10-19(18)32-25(24)36-29(38)40-28-26(37-30(39)40)33-21-12-6-8-14-23(21)35-28;1-2/h3-15H,2H2,1H3;1-2H3. The maximum Gasteiger partial charge on any atom is 0.228 e. The van der Waals surface area contributed by atoms with E-state index in [1.165, 1.54) is 0 Å². The minimum absolute atomic E-state index is 0.497. The van der Waals surface area contributed by atoms with E-state index < -0.39 is 0 Å². The van der Waals surface area contributed by atoms with Crippen LogP contribution in [0, 0.1) is 6.92 Å². The van der Waals surface area contributed by atoms with Crippen molar-refractivity contribution in [2.75, 3.05) is 4.90 Å². The number of anilines is 2. The molecular weight excluding hydrogens is 524 g/mol. The molecule has 0 unspecified atom stereocenters. The summed E-state index contributed by atoms with van der Waals surface area (Å²) in [6.07, 6.45) is 0. The molecule has 0 aliphatic carbocycles. The molecule has 1 aliphatic rings. The van der Waals surface area contributed by atoms with Crippen molar-refractivity contribution in [1.29, 1.82) is 0 Å². The number of hydrogen-bond donors (Lipinski definition) is 0. The Kier molecular flexibility index (Phi) is 5.08. The van der Waals surface area contributed by atoms with E-state index in [2.05, 4.69) is 12.6 Å². The van der Waals surface area contributed by atoms with E-state index in [0.717, 1.165) is 44.2 Å². The van der Waals surface area contributed by atoms with Gasteiger partial charge in [0, 0.05) is 5.39 Å². The number of para-hydroxylation sites is 5. The second kappa shape index (κ2) is 8.87. The maximum absolute atomic E-state index is 5.02. The Morgan fingerprint density at radius 3 is 1.88 bits per heavy atom. The van der Waals surface area contributed by atoms with Crippen molar-refractivity contribution in [3.63, 3.8) is 0 Å². The molecule has 0 atom stereocenters. The Morgan fingerprint density at radius 1 is 0.571 bits per heavy atom. The molecule has 0 spiro atoms. The van der Waals surface area contributed by atoms with Gasteiger partial charge in [0.25, 0.3) is 0 Å². The van der Waals surface area contributed by atoms with Crippen LogP contribution in [0.3, 0.4) is 0 Å². The molecule has 0 amide bonds. The van der Waals surface area contributed by atoms with Gasteiger partial charge in [0.2, 0.25) is 11.9 Å². The smallest absolute Gasteiger partial charge is 0.228 e. The SMILES string of the molecule is C=C1N(c2nc3ccccc3nc2C)c2nc3nc4ccccc4nc3n2-c2nc3nc4ccccc4cc3n21.CC. The van der Waals surface area contributed by atoms with Crippen LogP contribution in [0.4, 0.5) is 11.8 Å². The molecule has 0 radical (unpaired) electrons. The summed E-state index contributed by atoms with van der Waals surface area (Å²) in [4.78, 5) is 36.4. The van der Waals surface area contributed by atoms with E-state index in [4.69, 9.17) is 34.9 Å². The van der Waals surface area contributed by atoms with E-state index in [-0.39, 0.29) is 0 Å². The summed E-state index contributed by atoms with van der Waals surface area (Å²) in [5, 5.41) is 1.01. The molecule has 6 heterocycles. The molecule has 5 aromatic heterocycles. The average Bonchev–Trinajstić information content (AvgIpc) is 3.57. The third kappa shape index (κ3) is 3.29. The Bertz CT molecular complexity index is 2380. The van der Waals surface area contributed by atoms with Gasteiger partial charge in [-0.25, -0.2) is 34.4 Å². The van der Waals surface area contributed by atoms with Crippen LogP contribution in [0.25, 0.3) is 67.2 Å². The number of hydrogen-bond acceptors (Lipinski definition) is 8. The Morgan fingerprint density at radius 2 is 1.14 bits per heavy atom. The Hall–Kier alpha value is -5.77. The fraction of sp³-hybridized carbons (Fsp3) is 0.0938. The minimum atomic E-state index is 0.497. The third-order valence-corrected chi connectivity index (χ3v) is 7.33. The lowest BCUT2D eigenvalue weighted by Gasteiger charge is -2.31. The first kappa shape index (κ1) is 24.1. The van der Waals surface area contributed by atoms with Crippen LogP contribution in [0.15, 0.2) is 85.4 Å². The molecule has 202 valence electrons. The molecule has 0 N–H and O–H groups in total. The minimum Gasteiger partial charge on any atom is -0.261 e. The molecule has 8 aromatic rings. The Balaban J connectivity index is 0.00000131. The van der Waals surface area contributed by atoms with Gasteiger partial charge in [0.1, 0.15) is 5.82 Å². The van der Waals surface area contributed by atoms with Crippen LogP contribution < -0.4 is 4.90 Å². The molecule has 42 heavy (non-hydrogen) atoms. The van der Waals surface area contributed by atoms with Gasteiger partial charge in [-0.1, -0.05) is 62.9 Å². The summed E-state index contributed by atoms with van der Waals surface area (Å²) in [6.45, 7) is 10.5. The lowest BCUT2D eigenvalue weighted by Crippen LogP contribution is -2.30. The highest BCUT2D eigenvalue weighted by atomic mass is 15.5.